The van der Waals surface area contributed by atoms with E-state index in [1.54, 1.807) is 30.0 Å². The quantitative estimate of drug-likeness (QED) is 0.862. The van der Waals surface area contributed by atoms with Gasteiger partial charge < -0.3 is 10.5 Å². The Morgan fingerprint density at radius 3 is 2.83 bits per heavy atom. The summed E-state index contributed by atoms with van der Waals surface area (Å²) in [5, 5.41) is 7.95. The Kier molecular flexibility index (Phi) is 4.01. The molecule has 18 heavy (non-hydrogen) atoms. The zero-order valence-electron chi connectivity index (χ0n) is 10.1. The summed E-state index contributed by atoms with van der Waals surface area (Å²) in [5.74, 6) is -0.259. The van der Waals surface area contributed by atoms with E-state index in [1.165, 1.54) is 6.07 Å². The summed E-state index contributed by atoms with van der Waals surface area (Å²) in [6.45, 7) is 0.961. The van der Waals surface area contributed by atoms with Crippen LogP contribution in [0.25, 0.3) is 0 Å². The van der Waals surface area contributed by atoms with E-state index in [9.17, 15) is 4.39 Å². The maximum atomic E-state index is 13.6. The molecule has 0 saturated carbocycles. The van der Waals surface area contributed by atoms with Gasteiger partial charge in [-0.25, -0.2) is 9.07 Å². The Morgan fingerprint density at radius 1 is 1.39 bits per heavy atom. The van der Waals surface area contributed by atoms with Crippen molar-refractivity contribution in [2.75, 3.05) is 7.11 Å². The predicted molar refractivity (Wildman–Crippen MR) is 64.1 cm³/mol. The van der Waals surface area contributed by atoms with Gasteiger partial charge in [0.25, 0.3) is 0 Å². The van der Waals surface area contributed by atoms with Crippen LogP contribution in [-0.4, -0.2) is 22.1 Å². The topological polar surface area (TPSA) is 66.0 Å². The molecule has 0 radical (unpaired) electrons. The molecule has 96 valence electrons. The summed E-state index contributed by atoms with van der Waals surface area (Å²) in [6, 6.07) is 6.58. The van der Waals surface area contributed by atoms with Gasteiger partial charge in [0.15, 0.2) is 0 Å². The molecule has 0 aliphatic heterocycles. The van der Waals surface area contributed by atoms with Crippen LogP contribution in [0.3, 0.4) is 0 Å². The highest BCUT2D eigenvalue weighted by Gasteiger charge is 2.12. The average Bonchev–Trinajstić information content (AvgIpc) is 2.75. The highest BCUT2D eigenvalue weighted by Crippen LogP contribution is 2.12. The molecule has 2 rings (SSSR count). The molecule has 1 aromatic heterocycles. The summed E-state index contributed by atoms with van der Waals surface area (Å²) in [6.07, 6.45) is 0. The minimum absolute atomic E-state index is 0.259. The van der Waals surface area contributed by atoms with E-state index in [-0.39, 0.29) is 12.4 Å². The van der Waals surface area contributed by atoms with Gasteiger partial charge >= 0.3 is 0 Å². The van der Waals surface area contributed by atoms with Gasteiger partial charge in [0, 0.05) is 19.2 Å². The summed E-state index contributed by atoms with van der Waals surface area (Å²) >= 11 is 0. The zero-order chi connectivity index (χ0) is 13.0. The van der Waals surface area contributed by atoms with Crippen LogP contribution < -0.4 is 5.73 Å². The van der Waals surface area contributed by atoms with Gasteiger partial charge in [0.05, 0.1) is 18.8 Å². The number of ether oxygens (including phenoxy) is 1. The number of hydrogen-bond acceptors (Lipinski definition) is 4. The number of hydrogen-bond donors (Lipinski definition) is 1. The summed E-state index contributed by atoms with van der Waals surface area (Å²) in [5.41, 5.74) is 7.59. The normalized spacial score (nSPS) is 10.8. The Hall–Kier alpha value is -1.79. The Bertz CT molecular complexity index is 527. The molecule has 0 amide bonds. The van der Waals surface area contributed by atoms with E-state index in [0.717, 1.165) is 5.69 Å². The van der Waals surface area contributed by atoms with Crippen LogP contribution in [-0.2, 0) is 24.4 Å². The van der Waals surface area contributed by atoms with E-state index >= 15 is 0 Å². The van der Waals surface area contributed by atoms with E-state index in [2.05, 4.69) is 10.3 Å². The molecule has 0 spiro atoms. The lowest BCUT2D eigenvalue weighted by Gasteiger charge is -2.07. The first-order valence-corrected chi connectivity index (χ1v) is 5.60. The second-order valence-electron chi connectivity index (χ2n) is 3.87. The molecule has 0 aliphatic rings. The molecular weight excluding hydrogens is 235 g/mol. The lowest BCUT2D eigenvalue weighted by molar-refractivity contribution is 0.176. The molecule has 0 saturated heterocycles. The smallest absolute Gasteiger partial charge is 0.128 e. The SMILES string of the molecule is COCc1c(CN)nnn1Cc1ccccc1F. The zero-order valence-corrected chi connectivity index (χ0v) is 10.1. The van der Waals surface area contributed by atoms with Gasteiger partial charge in [-0.1, -0.05) is 23.4 Å². The number of nitrogens with two attached hydrogens (primary N) is 1. The van der Waals surface area contributed by atoms with Crippen LogP contribution >= 0.6 is 0 Å². The number of rotatable bonds is 5. The van der Waals surface area contributed by atoms with Crippen molar-refractivity contribution in [1.29, 1.82) is 0 Å². The van der Waals surface area contributed by atoms with Gasteiger partial charge in [-0.2, -0.15) is 0 Å². The fraction of sp³-hybridized carbons (Fsp3) is 0.333. The minimum atomic E-state index is -0.259. The van der Waals surface area contributed by atoms with Crippen LogP contribution in [0.2, 0.25) is 0 Å². The van der Waals surface area contributed by atoms with E-state index < -0.39 is 0 Å². The highest BCUT2D eigenvalue weighted by atomic mass is 19.1. The summed E-state index contributed by atoms with van der Waals surface area (Å²) in [4.78, 5) is 0. The number of methoxy groups -OCH3 is 1. The molecule has 0 atom stereocenters. The van der Waals surface area contributed by atoms with Crippen molar-refractivity contribution >= 4 is 0 Å². The van der Waals surface area contributed by atoms with E-state index in [0.29, 0.717) is 24.4 Å². The van der Waals surface area contributed by atoms with Crippen molar-refractivity contribution in [1.82, 2.24) is 15.0 Å². The second-order valence-corrected chi connectivity index (χ2v) is 3.87. The second kappa shape index (κ2) is 5.70. The van der Waals surface area contributed by atoms with Crippen LogP contribution in [0, 0.1) is 5.82 Å². The fourth-order valence-corrected chi connectivity index (χ4v) is 1.74. The first-order chi connectivity index (χ1) is 8.76. The lowest BCUT2D eigenvalue weighted by atomic mass is 10.2. The first-order valence-electron chi connectivity index (χ1n) is 5.60. The Labute approximate surface area is 104 Å². The first kappa shape index (κ1) is 12.7. The largest absolute Gasteiger partial charge is 0.378 e. The molecule has 0 bridgehead atoms. The Balaban J connectivity index is 2.29. The number of aromatic nitrogens is 3. The molecule has 0 fully saturated rings. The molecule has 1 heterocycles. The third-order valence-corrected chi connectivity index (χ3v) is 2.67. The van der Waals surface area contributed by atoms with Gasteiger partial charge in [-0.3, -0.25) is 0 Å². The van der Waals surface area contributed by atoms with Crippen molar-refractivity contribution in [2.45, 2.75) is 19.7 Å². The van der Waals surface area contributed by atoms with Crippen LogP contribution in [0.5, 0.6) is 0 Å². The monoisotopic (exact) mass is 250 g/mol. The molecule has 0 aliphatic carbocycles. The average molecular weight is 250 g/mol. The van der Waals surface area contributed by atoms with Crippen molar-refractivity contribution in [3.05, 3.63) is 47.0 Å². The third kappa shape index (κ3) is 2.55. The number of nitrogens with zero attached hydrogens (tertiary/aromatic N) is 3. The molecule has 5 nitrogen and oxygen atoms in total. The van der Waals surface area contributed by atoms with Gasteiger partial charge in [0.2, 0.25) is 0 Å². The fourth-order valence-electron chi connectivity index (χ4n) is 1.74. The maximum absolute atomic E-state index is 13.6. The van der Waals surface area contributed by atoms with Crippen molar-refractivity contribution in [2.24, 2.45) is 5.73 Å². The van der Waals surface area contributed by atoms with Gasteiger partial charge in [-0.05, 0) is 6.07 Å². The van der Waals surface area contributed by atoms with E-state index in [4.69, 9.17) is 10.5 Å². The maximum Gasteiger partial charge on any atom is 0.128 e. The van der Waals surface area contributed by atoms with Gasteiger partial charge in [0.1, 0.15) is 11.5 Å². The van der Waals surface area contributed by atoms with Crippen molar-refractivity contribution < 1.29 is 9.13 Å². The van der Waals surface area contributed by atoms with Gasteiger partial charge in [-0.15, -0.1) is 5.10 Å². The molecule has 1 aromatic carbocycles. The van der Waals surface area contributed by atoms with Crippen molar-refractivity contribution in [3.8, 4) is 0 Å². The van der Waals surface area contributed by atoms with E-state index in [1.807, 2.05) is 0 Å². The molecule has 2 aromatic rings. The minimum Gasteiger partial charge on any atom is -0.378 e. The molecule has 6 heteroatoms. The molecule has 2 N–H and O–H groups in total. The number of halogens is 1. The number of benzene rings is 1. The summed E-state index contributed by atoms with van der Waals surface area (Å²) < 4.78 is 20.3. The third-order valence-electron chi connectivity index (χ3n) is 2.67. The predicted octanol–water partition coefficient (Wildman–Crippen LogP) is 1.07. The van der Waals surface area contributed by atoms with Crippen LogP contribution in [0.4, 0.5) is 4.39 Å². The van der Waals surface area contributed by atoms with Crippen molar-refractivity contribution in [3.63, 3.8) is 0 Å². The molecule has 0 unspecified atom stereocenters. The highest BCUT2D eigenvalue weighted by molar-refractivity contribution is 5.19. The molecular formula is C12H15FN4O. The van der Waals surface area contributed by atoms with Crippen LogP contribution in [0.1, 0.15) is 17.0 Å². The Morgan fingerprint density at radius 2 is 2.17 bits per heavy atom. The lowest BCUT2D eigenvalue weighted by Crippen LogP contribution is -2.10. The standard InChI is InChI=1S/C12H15FN4O/c1-18-8-12-11(6-14)15-16-17(12)7-9-4-2-3-5-10(9)13/h2-5H,6-8,14H2,1H3. The van der Waals surface area contributed by atoms with Crippen LogP contribution in [0.15, 0.2) is 24.3 Å². The summed E-state index contributed by atoms with van der Waals surface area (Å²) in [7, 11) is 1.58.